The average molecular weight is 237 g/mol. The highest BCUT2D eigenvalue weighted by molar-refractivity contribution is 5.12. The Balaban J connectivity index is 1.78. The van der Waals surface area contributed by atoms with E-state index in [0.29, 0.717) is 0 Å². The molecule has 0 amide bonds. The number of hydrogen-bond acceptors (Lipinski definition) is 4. The smallest absolute Gasteiger partial charge is 0.296 e. The summed E-state index contributed by atoms with van der Waals surface area (Å²) in [4.78, 5) is 4.55. The van der Waals surface area contributed by atoms with Crippen molar-refractivity contribution in [3.05, 3.63) is 11.9 Å². The van der Waals surface area contributed by atoms with Gasteiger partial charge in [0.2, 0.25) is 0 Å². The molecule has 2 aliphatic rings. The summed E-state index contributed by atoms with van der Waals surface area (Å²) in [5.41, 5.74) is 0.997. The molecule has 0 aromatic carbocycles. The lowest BCUT2D eigenvalue weighted by atomic mass is 10.2. The molecule has 0 radical (unpaired) electrons. The number of imidazole rings is 1. The maximum atomic E-state index is 5.80. The van der Waals surface area contributed by atoms with Crippen LogP contribution in [-0.2, 0) is 11.3 Å². The fourth-order valence-corrected chi connectivity index (χ4v) is 2.30. The second-order valence-corrected chi connectivity index (χ2v) is 4.61. The minimum absolute atomic E-state index is 0.0699. The van der Waals surface area contributed by atoms with Gasteiger partial charge in [-0.2, -0.15) is 4.98 Å². The maximum absolute atomic E-state index is 5.80. The molecule has 0 spiro atoms. The van der Waals surface area contributed by atoms with E-state index in [1.54, 1.807) is 0 Å². The van der Waals surface area contributed by atoms with Crippen molar-refractivity contribution >= 4 is 0 Å². The summed E-state index contributed by atoms with van der Waals surface area (Å²) in [5.74, 6) is 0. The molecular weight excluding hydrogens is 218 g/mol. The van der Waals surface area contributed by atoms with E-state index in [1.165, 1.54) is 0 Å². The van der Waals surface area contributed by atoms with Gasteiger partial charge in [-0.15, -0.1) is 0 Å². The van der Waals surface area contributed by atoms with Crippen LogP contribution >= 0.6 is 0 Å². The highest BCUT2D eigenvalue weighted by Gasteiger charge is 2.21. The topological polar surface area (TPSA) is 48.3 Å². The molecule has 0 bridgehead atoms. The summed E-state index contributed by atoms with van der Waals surface area (Å²) in [6, 6.07) is 0.755. The third-order valence-electron chi connectivity index (χ3n) is 3.26. The van der Waals surface area contributed by atoms with E-state index in [-0.39, 0.29) is 6.10 Å². The van der Waals surface area contributed by atoms with Crippen LogP contribution < -0.4 is 10.1 Å². The van der Waals surface area contributed by atoms with Crippen LogP contribution in [0.5, 0.6) is 6.01 Å². The Bertz CT molecular complexity index is 346. The van der Waals surface area contributed by atoms with Crippen molar-refractivity contribution in [1.82, 2.24) is 14.9 Å². The van der Waals surface area contributed by atoms with E-state index in [2.05, 4.69) is 21.1 Å². The van der Waals surface area contributed by atoms with Gasteiger partial charge in [-0.05, 0) is 25.8 Å². The van der Waals surface area contributed by atoms with Crippen LogP contribution in [0.15, 0.2) is 6.20 Å². The van der Waals surface area contributed by atoms with Gasteiger partial charge in [0.1, 0.15) is 6.10 Å². The van der Waals surface area contributed by atoms with Crippen molar-refractivity contribution in [3.63, 3.8) is 0 Å². The van der Waals surface area contributed by atoms with Crippen molar-refractivity contribution < 1.29 is 9.47 Å². The minimum Gasteiger partial charge on any atom is -0.465 e. The molecule has 1 unspecified atom stereocenters. The number of fused-ring (bicyclic) bond motifs is 1. The minimum atomic E-state index is 0.0699. The largest absolute Gasteiger partial charge is 0.465 e. The summed E-state index contributed by atoms with van der Waals surface area (Å²) in [6.07, 6.45) is 5.49. The molecule has 5 nitrogen and oxygen atoms in total. The van der Waals surface area contributed by atoms with E-state index in [9.17, 15) is 0 Å². The van der Waals surface area contributed by atoms with E-state index < -0.39 is 0 Å². The third kappa shape index (κ3) is 2.45. The first-order valence-corrected chi connectivity index (χ1v) is 6.46. The highest BCUT2D eigenvalue weighted by Crippen LogP contribution is 2.23. The molecule has 94 valence electrons. The summed E-state index contributed by atoms with van der Waals surface area (Å²) in [6.45, 7) is 4.46. The van der Waals surface area contributed by atoms with Crippen LogP contribution in [0.4, 0.5) is 0 Å². The summed E-state index contributed by atoms with van der Waals surface area (Å²) in [5, 5.41) is 3.37. The first-order chi connectivity index (χ1) is 8.43. The molecule has 2 aliphatic heterocycles. The van der Waals surface area contributed by atoms with Crippen molar-refractivity contribution in [3.8, 4) is 6.01 Å². The quantitative estimate of drug-likeness (QED) is 0.795. The Morgan fingerprint density at radius 2 is 2.29 bits per heavy atom. The zero-order valence-corrected chi connectivity index (χ0v) is 10.0. The van der Waals surface area contributed by atoms with Crippen LogP contribution in [-0.4, -0.2) is 35.9 Å². The van der Waals surface area contributed by atoms with E-state index >= 15 is 0 Å². The van der Waals surface area contributed by atoms with Gasteiger partial charge in [0, 0.05) is 25.9 Å². The second-order valence-electron chi connectivity index (χ2n) is 4.61. The third-order valence-corrected chi connectivity index (χ3v) is 3.26. The molecule has 1 aromatic rings. The lowest BCUT2D eigenvalue weighted by Gasteiger charge is -2.11. The van der Waals surface area contributed by atoms with Gasteiger partial charge in [0.15, 0.2) is 0 Å². The van der Waals surface area contributed by atoms with Crippen molar-refractivity contribution in [1.29, 1.82) is 0 Å². The van der Waals surface area contributed by atoms with Gasteiger partial charge >= 0.3 is 0 Å². The number of aromatic nitrogens is 2. The molecule has 3 rings (SSSR count). The number of aryl methyl sites for hydroxylation is 1. The van der Waals surface area contributed by atoms with Gasteiger partial charge < -0.3 is 19.4 Å². The van der Waals surface area contributed by atoms with Crippen LogP contribution in [0, 0.1) is 0 Å². The first-order valence-electron chi connectivity index (χ1n) is 6.46. The highest BCUT2D eigenvalue weighted by atomic mass is 16.5. The zero-order valence-electron chi connectivity index (χ0n) is 10.0. The molecule has 5 heteroatoms. The van der Waals surface area contributed by atoms with Gasteiger partial charge in [0.05, 0.1) is 12.3 Å². The van der Waals surface area contributed by atoms with Crippen LogP contribution in [0.3, 0.4) is 0 Å². The van der Waals surface area contributed by atoms with Crippen LogP contribution in [0.2, 0.25) is 0 Å². The Morgan fingerprint density at radius 1 is 1.29 bits per heavy atom. The Hall–Kier alpha value is -1.07. The molecule has 3 heterocycles. The number of nitrogens with one attached hydrogen (secondary N) is 1. The van der Waals surface area contributed by atoms with Gasteiger partial charge in [0.25, 0.3) is 6.01 Å². The molecule has 1 saturated heterocycles. The van der Waals surface area contributed by atoms with Crippen molar-refractivity contribution in [2.45, 2.75) is 31.9 Å². The second kappa shape index (κ2) is 5.06. The van der Waals surface area contributed by atoms with Crippen LogP contribution in [0.1, 0.15) is 31.1 Å². The lowest BCUT2D eigenvalue weighted by Crippen LogP contribution is -2.20. The van der Waals surface area contributed by atoms with E-state index in [1.807, 2.05) is 0 Å². The molecule has 1 aromatic heterocycles. The molecule has 1 N–H and O–H groups in total. The maximum Gasteiger partial charge on any atom is 0.296 e. The Kier molecular flexibility index (Phi) is 3.29. The Labute approximate surface area is 101 Å². The summed E-state index contributed by atoms with van der Waals surface area (Å²) >= 11 is 0. The van der Waals surface area contributed by atoms with E-state index in [4.69, 9.17) is 9.47 Å². The summed E-state index contributed by atoms with van der Waals surface area (Å²) in [7, 11) is 0. The Morgan fingerprint density at radius 3 is 3.29 bits per heavy atom. The monoisotopic (exact) mass is 237 g/mol. The fourth-order valence-electron chi connectivity index (χ4n) is 2.30. The number of hydrogen-bond donors (Lipinski definition) is 1. The van der Waals surface area contributed by atoms with Crippen LogP contribution in [0.25, 0.3) is 0 Å². The molecule has 1 atom stereocenters. The number of nitrogens with zero attached hydrogens (tertiary/aromatic N) is 2. The summed E-state index contributed by atoms with van der Waals surface area (Å²) < 4.78 is 13.5. The predicted octanol–water partition coefficient (Wildman–Crippen LogP) is 1.11. The lowest BCUT2D eigenvalue weighted by molar-refractivity contribution is 0.0638. The number of ether oxygens (including phenoxy) is 2. The molecular formula is C12H19N3O2. The number of rotatable bonds is 1. The first kappa shape index (κ1) is 11.0. The molecule has 17 heavy (non-hydrogen) atoms. The standard InChI is InChI=1S/C12H19N3O2/c1-2-6-17-12-14-10(9-15(12)5-1)11-8-13-4-3-7-16-11/h9,11,13H,1-8H2. The van der Waals surface area contributed by atoms with Crippen molar-refractivity contribution in [2.75, 3.05) is 26.3 Å². The molecule has 0 saturated carbocycles. The predicted molar refractivity (Wildman–Crippen MR) is 63.1 cm³/mol. The zero-order chi connectivity index (χ0) is 11.5. The SMILES string of the molecule is c1c(C2CNCCCO2)nc2n1CCCCO2. The van der Waals surface area contributed by atoms with E-state index in [0.717, 1.165) is 63.8 Å². The average Bonchev–Trinajstić information content (AvgIpc) is 2.58. The van der Waals surface area contributed by atoms with Crippen molar-refractivity contribution in [2.24, 2.45) is 0 Å². The van der Waals surface area contributed by atoms with Gasteiger partial charge in [-0.1, -0.05) is 0 Å². The molecule has 0 aliphatic carbocycles. The fraction of sp³-hybridized carbons (Fsp3) is 0.750. The molecule has 1 fully saturated rings. The van der Waals surface area contributed by atoms with Gasteiger partial charge in [-0.3, -0.25) is 0 Å². The normalized spacial score (nSPS) is 25.5. The van der Waals surface area contributed by atoms with Gasteiger partial charge in [-0.25, -0.2) is 0 Å².